The summed E-state index contributed by atoms with van der Waals surface area (Å²) in [7, 11) is 0. The number of nitriles is 1. The Hall–Kier alpha value is -2.02. The molecule has 0 aromatic heterocycles. The Bertz CT molecular complexity index is 546. The molecule has 2 aromatic rings. The molecular formula is C16H18ClN3. The third-order valence-electron chi connectivity index (χ3n) is 2.99. The lowest BCUT2D eigenvalue weighted by molar-refractivity contribution is 0.748. The van der Waals surface area contributed by atoms with Gasteiger partial charge in [0.1, 0.15) is 0 Å². The Balaban J connectivity index is 0.00000200. The fourth-order valence-corrected chi connectivity index (χ4v) is 1.86. The van der Waals surface area contributed by atoms with Crippen molar-refractivity contribution in [1.29, 1.82) is 5.26 Å². The van der Waals surface area contributed by atoms with Crippen LogP contribution in [0.1, 0.15) is 23.6 Å². The maximum Gasteiger partial charge on any atom is 0.0641 e. The molecule has 0 heterocycles. The first kappa shape index (κ1) is 16.0. The van der Waals surface area contributed by atoms with Crippen LogP contribution in [0, 0.1) is 11.3 Å². The van der Waals surface area contributed by atoms with Gasteiger partial charge in [0.25, 0.3) is 0 Å². The number of rotatable bonds is 5. The zero-order valence-corrected chi connectivity index (χ0v) is 11.9. The molecule has 0 amide bonds. The van der Waals surface area contributed by atoms with Crippen LogP contribution >= 0.6 is 12.4 Å². The van der Waals surface area contributed by atoms with Crippen LogP contribution in [0.25, 0.3) is 0 Å². The summed E-state index contributed by atoms with van der Waals surface area (Å²) in [5, 5.41) is 12.0. The van der Waals surface area contributed by atoms with Gasteiger partial charge >= 0.3 is 0 Å². The van der Waals surface area contributed by atoms with Crippen LogP contribution in [-0.2, 0) is 6.54 Å². The van der Waals surface area contributed by atoms with Gasteiger partial charge in [-0.05, 0) is 23.3 Å². The molecule has 3 N–H and O–H groups in total. The quantitative estimate of drug-likeness (QED) is 0.882. The second-order valence-corrected chi connectivity index (χ2v) is 4.43. The zero-order valence-electron chi connectivity index (χ0n) is 11.1. The molecule has 0 saturated carbocycles. The monoisotopic (exact) mass is 287 g/mol. The summed E-state index contributed by atoms with van der Waals surface area (Å²) in [5.74, 6) is 0. The molecule has 0 aliphatic heterocycles. The first-order valence-electron chi connectivity index (χ1n) is 6.30. The highest BCUT2D eigenvalue weighted by molar-refractivity contribution is 5.85. The molecule has 1 atom stereocenters. The van der Waals surface area contributed by atoms with Crippen molar-refractivity contribution in [1.82, 2.24) is 0 Å². The van der Waals surface area contributed by atoms with Gasteiger partial charge in [0.05, 0.1) is 12.5 Å². The van der Waals surface area contributed by atoms with Crippen molar-refractivity contribution in [3.63, 3.8) is 0 Å². The Kier molecular flexibility index (Phi) is 6.58. The third kappa shape index (κ3) is 4.58. The van der Waals surface area contributed by atoms with Gasteiger partial charge in [-0.2, -0.15) is 5.26 Å². The highest BCUT2D eigenvalue weighted by Gasteiger charge is 2.04. The van der Waals surface area contributed by atoms with Gasteiger partial charge in [0.2, 0.25) is 0 Å². The third-order valence-corrected chi connectivity index (χ3v) is 2.99. The minimum absolute atomic E-state index is 0. The van der Waals surface area contributed by atoms with E-state index < -0.39 is 0 Å². The van der Waals surface area contributed by atoms with E-state index in [1.165, 1.54) is 5.56 Å². The van der Waals surface area contributed by atoms with Crippen molar-refractivity contribution in [2.45, 2.75) is 19.0 Å². The minimum atomic E-state index is -0.201. The van der Waals surface area contributed by atoms with E-state index in [0.717, 1.165) is 17.8 Å². The van der Waals surface area contributed by atoms with Crippen molar-refractivity contribution in [3.05, 3.63) is 65.7 Å². The molecule has 0 aliphatic rings. The lowest BCUT2D eigenvalue weighted by atomic mass is 10.1. The normalized spacial score (nSPS) is 11.0. The van der Waals surface area contributed by atoms with Crippen LogP contribution in [0.2, 0.25) is 0 Å². The van der Waals surface area contributed by atoms with Crippen LogP contribution in [0.3, 0.4) is 0 Å². The average Bonchev–Trinajstić information content (AvgIpc) is 2.47. The summed E-state index contributed by atoms with van der Waals surface area (Å²) in [6.45, 7) is 0.796. The first-order valence-corrected chi connectivity index (χ1v) is 6.30. The first-order chi connectivity index (χ1) is 9.29. The molecule has 0 radical (unpaired) electrons. The largest absolute Gasteiger partial charge is 0.381 e. The molecule has 20 heavy (non-hydrogen) atoms. The number of nitrogens with zero attached hydrogens (tertiary/aromatic N) is 1. The predicted molar refractivity (Wildman–Crippen MR) is 84.6 cm³/mol. The topological polar surface area (TPSA) is 61.8 Å². The highest BCUT2D eigenvalue weighted by atomic mass is 35.5. The van der Waals surface area contributed by atoms with Gasteiger partial charge in [0.15, 0.2) is 0 Å². The standard InChI is InChI=1S/C16H17N3.ClH/c17-11-10-16(18)14-6-8-15(9-7-14)19-12-13-4-2-1-3-5-13;/h1-9,16,19H,10,12,18H2;1H/t16-;/m0./s1. The number of halogens is 1. The Morgan fingerprint density at radius 1 is 1.05 bits per heavy atom. The smallest absolute Gasteiger partial charge is 0.0641 e. The molecule has 0 bridgehead atoms. The molecule has 2 rings (SSSR count). The van der Waals surface area contributed by atoms with Crippen molar-refractivity contribution in [3.8, 4) is 6.07 Å². The van der Waals surface area contributed by atoms with E-state index in [1.54, 1.807) is 0 Å². The van der Waals surface area contributed by atoms with Crippen LogP contribution in [0.15, 0.2) is 54.6 Å². The zero-order chi connectivity index (χ0) is 13.5. The molecule has 104 valence electrons. The predicted octanol–water partition coefficient (Wildman–Crippen LogP) is 3.63. The summed E-state index contributed by atoms with van der Waals surface area (Å²) in [6, 6.07) is 20.1. The van der Waals surface area contributed by atoms with Crippen LogP contribution in [0.4, 0.5) is 5.69 Å². The molecule has 0 aliphatic carbocycles. The second-order valence-electron chi connectivity index (χ2n) is 4.43. The van der Waals surface area contributed by atoms with Crippen molar-refractivity contribution in [2.24, 2.45) is 5.73 Å². The number of hydrogen-bond donors (Lipinski definition) is 2. The van der Waals surface area contributed by atoms with E-state index in [1.807, 2.05) is 42.5 Å². The van der Waals surface area contributed by atoms with Crippen molar-refractivity contribution >= 4 is 18.1 Å². The van der Waals surface area contributed by atoms with Gasteiger partial charge in [-0.3, -0.25) is 0 Å². The average molecular weight is 288 g/mol. The Morgan fingerprint density at radius 3 is 2.30 bits per heavy atom. The maximum atomic E-state index is 8.62. The van der Waals surface area contributed by atoms with Crippen molar-refractivity contribution < 1.29 is 0 Å². The van der Waals surface area contributed by atoms with E-state index in [4.69, 9.17) is 11.0 Å². The maximum absolute atomic E-state index is 8.62. The number of nitrogens with two attached hydrogens (primary N) is 1. The van der Waals surface area contributed by atoms with Gasteiger partial charge in [-0.15, -0.1) is 12.4 Å². The van der Waals surface area contributed by atoms with Gasteiger partial charge in [-0.25, -0.2) is 0 Å². The summed E-state index contributed by atoms with van der Waals surface area (Å²) < 4.78 is 0. The second kappa shape index (κ2) is 8.21. The SMILES string of the molecule is Cl.N#CC[C@H](N)c1ccc(NCc2ccccc2)cc1. The highest BCUT2D eigenvalue weighted by Crippen LogP contribution is 2.17. The lowest BCUT2D eigenvalue weighted by Crippen LogP contribution is -2.09. The summed E-state index contributed by atoms with van der Waals surface area (Å²) in [4.78, 5) is 0. The summed E-state index contributed by atoms with van der Waals surface area (Å²) in [5.41, 5.74) is 9.17. The lowest BCUT2D eigenvalue weighted by Gasteiger charge is -2.10. The number of benzene rings is 2. The van der Waals surface area contributed by atoms with E-state index in [2.05, 4.69) is 23.5 Å². The number of nitrogens with one attached hydrogen (secondary N) is 1. The minimum Gasteiger partial charge on any atom is -0.381 e. The molecule has 2 aromatic carbocycles. The van der Waals surface area contributed by atoms with Crippen LogP contribution in [0.5, 0.6) is 0 Å². The molecule has 0 saturated heterocycles. The van der Waals surface area contributed by atoms with E-state index in [0.29, 0.717) is 6.42 Å². The van der Waals surface area contributed by atoms with E-state index in [9.17, 15) is 0 Å². The fraction of sp³-hybridized carbons (Fsp3) is 0.188. The molecule has 4 heteroatoms. The molecular weight excluding hydrogens is 270 g/mol. The number of hydrogen-bond acceptors (Lipinski definition) is 3. The fourth-order valence-electron chi connectivity index (χ4n) is 1.86. The van der Waals surface area contributed by atoms with Gasteiger partial charge in [-0.1, -0.05) is 42.5 Å². The molecule has 0 unspecified atom stereocenters. The Morgan fingerprint density at radius 2 is 1.70 bits per heavy atom. The molecule has 3 nitrogen and oxygen atoms in total. The summed E-state index contributed by atoms with van der Waals surface area (Å²) in [6.07, 6.45) is 0.344. The molecule has 0 fully saturated rings. The van der Waals surface area contributed by atoms with E-state index in [-0.39, 0.29) is 18.4 Å². The van der Waals surface area contributed by atoms with Crippen LogP contribution in [-0.4, -0.2) is 0 Å². The summed E-state index contributed by atoms with van der Waals surface area (Å²) >= 11 is 0. The van der Waals surface area contributed by atoms with Crippen molar-refractivity contribution in [2.75, 3.05) is 5.32 Å². The van der Waals surface area contributed by atoms with Gasteiger partial charge < -0.3 is 11.1 Å². The Labute approximate surface area is 125 Å². The number of anilines is 1. The molecule has 0 spiro atoms. The van der Waals surface area contributed by atoms with E-state index >= 15 is 0 Å². The van der Waals surface area contributed by atoms with Crippen LogP contribution < -0.4 is 11.1 Å². The van der Waals surface area contributed by atoms with Gasteiger partial charge in [0, 0.05) is 18.3 Å².